The molecular weight excluding hydrogens is 294 g/mol. The van der Waals surface area contributed by atoms with Gasteiger partial charge < -0.3 is 15.9 Å². The van der Waals surface area contributed by atoms with Crippen molar-refractivity contribution in [3.05, 3.63) is 53.6 Å². The average molecular weight is 311 g/mol. The fourth-order valence-corrected chi connectivity index (χ4v) is 1.89. The Labute approximate surface area is 123 Å². The zero-order valence-corrected chi connectivity index (χ0v) is 12.2. The lowest BCUT2D eigenvalue weighted by Gasteiger charge is -1.98. The van der Waals surface area contributed by atoms with E-state index in [9.17, 15) is 8.42 Å². The van der Waals surface area contributed by atoms with E-state index in [1.165, 1.54) is 24.3 Å². The summed E-state index contributed by atoms with van der Waals surface area (Å²) in [6, 6.07) is 10.5. The predicted molar refractivity (Wildman–Crippen MR) is 78.7 cm³/mol. The van der Waals surface area contributed by atoms with Crippen LogP contribution in [-0.4, -0.2) is 23.2 Å². The molecule has 0 atom stereocenters. The molecule has 0 unspecified atom stereocenters. The zero-order chi connectivity index (χ0) is 16.0. The van der Waals surface area contributed by atoms with Gasteiger partial charge in [-0.1, -0.05) is 23.8 Å². The maximum Gasteiger partial charge on any atom is 0.294 e. The number of hydrogen-bond donors (Lipinski definition) is 4. The van der Waals surface area contributed by atoms with Crippen molar-refractivity contribution in [1.82, 2.24) is 0 Å². The van der Waals surface area contributed by atoms with E-state index in [0.717, 1.165) is 11.1 Å². The molecule has 2 aromatic rings. The Morgan fingerprint density at radius 2 is 1.57 bits per heavy atom. The van der Waals surface area contributed by atoms with Gasteiger partial charge in [-0.2, -0.15) is 8.42 Å². The molecule has 0 fully saturated rings. The minimum Gasteiger partial charge on any atom is -0.504 e. The van der Waals surface area contributed by atoms with Crippen LogP contribution in [0.15, 0.2) is 47.4 Å². The molecule has 6 nitrogen and oxygen atoms in total. The first-order chi connectivity index (χ1) is 9.74. The van der Waals surface area contributed by atoms with Crippen molar-refractivity contribution in [3.8, 4) is 11.5 Å². The fraction of sp³-hybridized carbons (Fsp3) is 0.143. The molecule has 0 saturated carbocycles. The minimum atomic E-state index is -4.02. The van der Waals surface area contributed by atoms with E-state index in [2.05, 4.69) is 0 Å². The SMILES string of the molecule is Cc1ccc(S(=O)(=O)O)cc1.NCc1ccc(O)c(O)c1. The number of benzene rings is 2. The van der Waals surface area contributed by atoms with E-state index < -0.39 is 10.1 Å². The van der Waals surface area contributed by atoms with Crippen LogP contribution >= 0.6 is 0 Å². The highest BCUT2D eigenvalue weighted by Crippen LogP contribution is 2.24. The molecule has 0 aliphatic heterocycles. The number of nitrogens with two attached hydrogens (primary N) is 1. The third kappa shape index (κ3) is 5.42. The van der Waals surface area contributed by atoms with E-state index in [-0.39, 0.29) is 16.4 Å². The summed E-state index contributed by atoms with van der Waals surface area (Å²) in [4.78, 5) is -0.0666. The normalized spacial score (nSPS) is 10.6. The third-order valence-corrected chi connectivity index (χ3v) is 3.46. The molecule has 0 amide bonds. The van der Waals surface area contributed by atoms with Crippen molar-refractivity contribution in [3.63, 3.8) is 0 Å². The molecule has 0 aromatic heterocycles. The predicted octanol–water partition coefficient (Wildman–Crippen LogP) is 1.80. The van der Waals surface area contributed by atoms with Gasteiger partial charge in [0.1, 0.15) is 0 Å². The van der Waals surface area contributed by atoms with Crippen molar-refractivity contribution in [2.45, 2.75) is 18.4 Å². The molecule has 7 heteroatoms. The lowest BCUT2D eigenvalue weighted by molar-refractivity contribution is 0.403. The topological polar surface area (TPSA) is 121 Å². The summed E-state index contributed by atoms with van der Waals surface area (Å²) in [5.41, 5.74) is 7.03. The van der Waals surface area contributed by atoms with Crippen molar-refractivity contribution in [2.24, 2.45) is 5.73 Å². The Morgan fingerprint density at radius 1 is 1.00 bits per heavy atom. The highest BCUT2D eigenvalue weighted by molar-refractivity contribution is 7.85. The van der Waals surface area contributed by atoms with Gasteiger partial charge in [-0.05, 0) is 36.8 Å². The molecule has 2 aromatic carbocycles. The standard InChI is InChI=1S/C7H9NO2.C7H8O3S/c8-4-5-1-2-6(9)7(10)3-5;1-6-2-4-7(5-3-6)11(8,9)10/h1-3,9-10H,4,8H2;2-5H,1H3,(H,8,9,10). The van der Waals surface area contributed by atoms with Crippen LogP contribution in [-0.2, 0) is 16.7 Å². The highest BCUT2D eigenvalue weighted by atomic mass is 32.2. The maximum absolute atomic E-state index is 10.5. The second kappa shape index (κ2) is 7.07. The van der Waals surface area contributed by atoms with Crippen LogP contribution in [0.25, 0.3) is 0 Å². The Bertz CT molecular complexity index is 696. The van der Waals surface area contributed by atoms with Crippen LogP contribution in [0.5, 0.6) is 11.5 Å². The Balaban J connectivity index is 0.000000211. The Hall–Kier alpha value is -2.09. The summed E-state index contributed by atoms with van der Waals surface area (Å²) in [5, 5.41) is 17.8. The van der Waals surface area contributed by atoms with Crippen LogP contribution in [0.2, 0.25) is 0 Å². The van der Waals surface area contributed by atoms with Gasteiger partial charge in [0, 0.05) is 6.54 Å². The number of rotatable bonds is 2. The molecule has 5 N–H and O–H groups in total. The molecule has 21 heavy (non-hydrogen) atoms. The molecule has 0 saturated heterocycles. The van der Waals surface area contributed by atoms with Gasteiger partial charge in [0.05, 0.1) is 4.90 Å². The van der Waals surface area contributed by atoms with Gasteiger partial charge >= 0.3 is 0 Å². The molecular formula is C14H17NO5S. The molecule has 0 aliphatic carbocycles. The molecule has 0 aliphatic rings. The van der Waals surface area contributed by atoms with Gasteiger partial charge in [-0.15, -0.1) is 0 Å². The van der Waals surface area contributed by atoms with Gasteiger partial charge in [0.15, 0.2) is 11.5 Å². The first-order valence-electron chi connectivity index (χ1n) is 5.99. The lowest BCUT2D eigenvalue weighted by atomic mass is 10.2. The second-order valence-corrected chi connectivity index (χ2v) is 5.74. The molecule has 0 radical (unpaired) electrons. The number of phenolic OH excluding ortho intramolecular Hbond substituents is 2. The van der Waals surface area contributed by atoms with E-state index in [1.807, 2.05) is 6.92 Å². The van der Waals surface area contributed by atoms with Crippen molar-refractivity contribution in [2.75, 3.05) is 0 Å². The Morgan fingerprint density at radius 3 is 2.00 bits per heavy atom. The molecule has 2 rings (SSSR count). The first-order valence-corrected chi connectivity index (χ1v) is 7.43. The highest BCUT2D eigenvalue weighted by Gasteiger charge is 2.06. The number of hydrogen-bond acceptors (Lipinski definition) is 5. The fourth-order valence-electron chi connectivity index (χ4n) is 1.41. The third-order valence-electron chi connectivity index (χ3n) is 2.59. The summed E-state index contributed by atoms with van der Waals surface area (Å²) in [6.07, 6.45) is 0. The molecule has 0 bridgehead atoms. The molecule has 0 heterocycles. The summed E-state index contributed by atoms with van der Waals surface area (Å²) in [5.74, 6) is -0.236. The monoisotopic (exact) mass is 311 g/mol. The summed E-state index contributed by atoms with van der Waals surface area (Å²) in [7, 11) is -4.02. The number of phenols is 2. The smallest absolute Gasteiger partial charge is 0.294 e. The number of aromatic hydroxyl groups is 2. The largest absolute Gasteiger partial charge is 0.504 e. The second-order valence-electron chi connectivity index (χ2n) is 4.32. The maximum atomic E-state index is 10.5. The number of aryl methyl sites for hydroxylation is 1. The minimum absolute atomic E-state index is 0.0666. The van der Waals surface area contributed by atoms with Crippen molar-refractivity contribution >= 4 is 10.1 Å². The van der Waals surface area contributed by atoms with Crippen LogP contribution in [0.3, 0.4) is 0 Å². The van der Waals surface area contributed by atoms with Gasteiger partial charge in [0.25, 0.3) is 10.1 Å². The molecule has 0 spiro atoms. The summed E-state index contributed by atoms with van der Waals surface area (Å²) >= 11 is 0. The quantitative estimate of drug-likeness (QED) is 0.495. The van der Waals surface area contributed by atoms with Gasteiger partial charge in [-0.3, -0.25) is 4.55 Å². The van der Waals surface area contributed by atoms with Crippen LogP contribution < -0.4 is 5.73 Å². The first kappa shape index (κ1) is 17.0. The Kier molecular flexibility index (Phi) is 5.71. The van der Waals surface area contributed by atoms with Gasteiger partial charge in [0.2, 0.25) is 0 Å². The average Bonchev–Trinajstić information content (AvgIpc) is 2.42. The summed E-state index contributed by atoms with van der Waals surface area (Å²) < 4.78 is 29.6. The molecule has 114 valence electrons. The van der Waals surface area contributed by atoms with Crippen molar-refractivity contribution < 1.29 is 23.2 Å². The van der Waals surface area contributed by atoms with E-state index in [0.29, 0.717) is 6.54 Å². The summed E-state index contributed by atoms with van der Waals surface area (Å²) in [6.45, 7) is 2.21. The van der Waals surface area contributed by atoms with Crippen LogP contribution in [0, 0.1) is 6.92 Å². The van der Waals surface area contributed by atoms with E-state index >= 15 is 0 Å². The van der Waals surface area contributed by atoms with Gasteiger partial charge in [-0.25, -0.2) is 0 Å². The zero-order valence-electron chi connectivity index (χ0n) is 11.4. The van der Waals surface area contributed by atoms with E-state index in [1.54, 1.807) is 18.2 Å². The van der Waals surface area contributed by atoms with Crippen LogP contribution in [0.1, 0.15) is 11.1 Å². The van der Waals surface area contributed by atoms with E-state index in [4.69, 9.17) is 20.5 Å². The lowest BCUT2D eigenvalue weighted by Crippen LogP contribution is -1.96. The van der Waals surface area contributed by atoms with Crippen molar-refractivity contribution in [1.29, 1.82) is 0 Å². The van der Waals surface area contributed by atoms with Crippen LogP contribution in [0.4, 0.5) is 0 Å².